The van der Waals surface area contributed by atoms with E-state index in [1.807, 2.05) is 0 Å². The van der Waals surface area contributed by atoms with Gasteiger partial charge in [-0.1, -0.05) is 6.07 Å². The predicted molar refractivity (Wildman–Crippen MR) is 104 cm³/mol. The number of imidazole rings is 1. The Hall–Kier alpha value is -3.89. The predicted octanol–water partition coefficient (Wildman–Crippen LogP) is 3.08. The van der Waals surface area contributed by atoms with Crippen molar-refractivity contribution >= 4 is 28.4 Å². The highest BCUT2D eigenvalue weighted by Gasteiger charge is 2.36. The molecule has 5 rings (SSSR count). The Kier molecular flexibility index (Phi) is 4.04. The second kappa shape index (κ2) is 6.56. The highest BCUT2D eigenvalue weighted by Crippen LogP contribution is 2.40. The van der Waals surface area contributed by atoms with Crippen molar-refractivity contribution in [3.8, 4) is 5.75 Å². The Labute approximate surface area is 173 Å². The summed E-state index contributed by atoms with van der Waals surface area (Å²) in [4.78, 5) is 27.1. The second-order valence-corrected chi connectivity index (χ2v) is 7.21. The number of carbonyl (C=O) groups is 1. The number of alkyl halides is 3. The molecule has 31 heavy (non-hydrogen) atoms. The molecule has 0 unspecified atom stereocenters. The monoisotopic (exact) mass is 428 g/mol. The van der Waals surface area contributed by atoms with Crippen LogP contribution in [0.2, 0.25) is 0 Å². The Balaban J connectivity index is 1.49. The number of benzene rings is 1. The fourth-order valence-corrected chi connectivity index (χ4v) is 3.71. The summed E-state index contributed by atoms with van der Waals surface area (Å²) in [6.07, 6.45) is 0.0317. The molecule has 11 heteroatoms. The van der Waals surface area contributed by atoms with Crippen LogP contribution < -0.4 is 10.5 Å². The van der Waals surface area contributed by atoms with Gasteiger partial charge in [0.05, 0.1) is 35.2 Å². The van der Waals surface area contributed by atoms with Gasteiger partial charge in [-0.15, -0.1) is 0 Å². The average molecular weight is 428 g/mol. The standard InChI is InChI=1S/C20H15F3N6O2/c1-28(15-8-31-16-5-11(20(21,22)23)2-3-12(15)16)19(30)10-4-13-18(26-6-10)27-17(24)14-7-25-9-29(13)14/h2-7,9,15H,8H2,1H3,(H2,24,26,27)/t15-/m0/s1. The normalized spacial score (nSPS) is 15.8. The van der Waals surface area contributed by atoms with Gasteiger partial charge in [-0.25, -0.2) is 15.0 Å². The molecule has 1 atom stereocenters. The number of carbonyl (C=O) groups excluding carboxylic acids is 1. The first-order chi connectivity index (χ1) is 14.7. The van der Waals surface area contributed by atoms with Gasteiger partial charge in [-0.2, -0.15) is 13.2 Å². The van der Waals surface area contributed by atoms with Crippen molar-refractivity contribution in [1.82, 2.24) is 24.3 Å². The fraction of sp³-hybridized carbons (Fsp3) is 0.200. The molecule has 1 amide bonds. The molecule has 1 aliphatic rings. The third kappa shape index (κ3) is 3.00. The number of halogens is 3. The lowest BCUT2D eigenvalue weighted by Gasteiger charge is -2.24. The van der Waals surface area contributed by atoms with Gasteiger partial charge in [-0.3, -0.25) is 9.20 Å². The highest BCUT2D eigenvalue weighted by molar-refractivity contribution is 5.97. The summed E-state index contributed by atoms with van der Waals surface area (Å²) in [5.74, 6) is 0.0309. The van der Waals surface area contributed by atoms with Crippen LogP contribution in [0.4, 0.5) is 19.0 Å². The first kappa shape index (κ1) is 19.1. The zero-order chi connectivity index (χ0) is 21.9. The summed E-state index contributed by atoms with van der Waals surface area (Å²) in [7, 11) is 1.57. The molecule has 0 spiro atoms. The molecular weight excluding hydrogens is 413 g/mol. The van der Waals surface area contributed by atoms with Crippen LogP contribution in [0.1, 0.15) is 27.5 Å². The van der Waals surface area contributed by atoms with Crippen LogP contribution in [0.25, 0.3) is 16.7 Å². The SMILES string of the molecule is CN(C(=O)c1cnc2nc(N)c3cncn3c2c1)[C@H]1COc2cc(C(F)(F)F)ccc21. The minimum absolute atomic E-state index is 0.0593. The maximum absolute atomic E-state index is 13.1. The van der Waals surface area contributed by atoms with Gasteiger partial charge < -0.3 is 15.4 Å². The van der Waals surface area contributed by atoms with Crippen molar-refractivity contribution in [3.63, 3.8) is 0 Å². The molecule has 158 valence electrons. The lowest BCUT2D eigenvalue weighted by molar-refractivity contribution is -0.137. The zero-order valence-electron chi connectivity index (χ0n) is 16.1. The first-order valence-electron chi connectivity index (χ1n) is 9.22. The topological polar surface area (TPSA) is 98.6 Å². The molecule has 0 radical (unpaired) electrons. The van der Waals surface area contributed by atoms with E-state index in [2.05, 4.69) is 15.0 Å². The number of pyridine rings is 1. The van der Waals surface area contributed by atoms with Gasteiger partial charge in [0, 0.05) is 18.8 Å². The number of hydrogen-bond acceptors (Lipinski definition) is 6. The first-order valence-corrected chi connectivity index (χ1v) is 9.22. The number of nitrogens with zero attached hydrogens (tertiary/aromatic N) is 5. The smallest absolute Gasteiger partial charge is 0.416 e. The van der Waals surface area contributed by atoms with Gasteiger partial charge >= 0.3 is 6.18 Å². The minimum atomic E-state index is -4.47. The molecule has 4 aromatic rings. The average Bonchev–Trinajstić information content (AvgIpc) is 3.39. The summed E-state index contributed by atoms with van der Waals surface area (Å²) < 4.78 is 46.0. The lowest BCUT2D eigenvalue weighted by atomic mass is 10.0. The van der Waals surface area contributed by atoms with Crippen LogP contribution in [0.15, 0.2) is 43.0 Å². The molecule has 4 heterocycles. The number of fused-ring (bicyclic) bond motifs is 4. The number of aromatic nitrogens is 4. The van der Waals surface area contributed by atoms with E-state index in [-0.39, 0.29) is 29.6 Å². The van der Waals surface area contributed by atoms with E-state index in [1.54, 1.807) is 30.0 Å². The van der Waals surface area contributed by atoms with Crippen molar-refractivity contribution in [3.05, 3.63) is 59.7 Å². The molecule has 1 aromatic carbocycles. The molecule has 0 fully saturated rings. The van der Waals surface area contributed by atoms with E-state index < -0.39 is 17.8 Å². The maximum atomic E-state index is 13.1. The number of ether oxygens (including phenoxy) is 1. The number of nitrogen functional groups attached to an aromatic ring is 1. The summed E-state index contributed by atoms with van der Waals surface area (Å²) in [5.41, 5.74) is 7.42. The summed E-state index contributed by atoms with van der Waals surface area (Å²) in [6.45, 7) is 0.0593. The quantitative estimate of drug-likeness (QED) is 0.527. The van der Waals surface area contributed by atoms with Crippen LogP contribution in [-0.2, 0) is 6.18 Å². The summed E-state index contributed by atoms with van der Waals surface area (Å²) in [6, 6.07) is 4.39. The molecule has 2 N–H and O–H groups in total. The lowest BCUT2D eigenvalue weighted by Crippen LogP contribution is -2.32. The van der Waals surface area contributed by atoms with E-state index in [1.165, 1.54) is 17.2 Å². The Morgan fingerprint density at radius 1 is 1.26 bits per heavy atom. The molecule has 0 saturated carbocycles. The van der Waals surface area contributed by atoms with Crippen molar-refractivity contribution in [2.45, 2.75) is 12.2 Å². The van der Waals surface area contributed by atoms with E-state index in [9.17, 15) is 18.0 Å². The number of amides is 1. The highest BCUT2D eigenvalue weighted by atomic mass is 19.4. The zero-order valence-corrected chi connectivity index (χ0v) is 16.1. The van der Waals surface area contributed by atoms with Crippen molar-refractivity contribution in [2.75, 3.05) is 19.4 Å². The van der Waals surface area contributed by atoms with Crippen LogP contribution >= 0.6 is 0 Å². The van der Waals surface area contributed by atoms with E-state index in [4.69, 9.17) is 10.5 Å². The summed E-state index contributed by atoms with van der Waals surface area (Å²) in [5, 5.41) is 0. The van der Waals surface area contributed by atoms with Crippen molar-refractivity contribution in [1.29, 1.82) is 0 Å². The fourth-order valence-electron chi connectivity index (χ4n) is 3.71. The number of likely N-dealkylation sites (N-methyl/N-ethyl adjacent to an activating group) is 1. The Morgan fingerprint density at radius 2 is 2.06 bits per heavy atom. The van der Waals surface area contributed by atoms with Gasteiger partial charge in [0.25, 0.3) is 5.91 Å². The molecular formula is C20H15F3N6O2. The largest absolute Gasteiger partial charge is 0.491 e. The molecule has 1 aliphatic heterocycles. The third-order valence-corrected chi connectivity index (χ3v) is 5.37. The van der Waals surface area contributed by atoms with E-state index >= 15 is 0 Å². The van der Waals surface area contributed by atoms with E-state index in [0.29, 0.717) is 22.2 Å². The minimum Gasteiger partial charge on any atom is -0.491 e. The third-order valence-electron chi connectivity index (χ3n) is 5.37. The molecule has 8 nitrogen and oxygen atoms in total. The molecule has 0 bridgehead atoms. The Bertz CT molecular complexity index is 1350. The van der Waals surface area contributed by atoms with E-state index in [0.717, 1.165) is 12.1 Å². The van der Waals surface area contributed by atoms with Gasteiger partial charge in [0.15, 0.2) is 11.5 Å². The van der Waals surface area contributed by atoms with Gasteiger partial charge in [-0.05, 0) is 18.2 Å². The van der Waals surface area contributed by atoms with Crippen LogP contribution in [0.5, 0.6) is 5.75 Å². The number of hydrogen-bond donors (Lipinski definition) is 1. The van der Waals surface area contributed by atoms with Gasteiger partial charge in [0.1, 0.15) is 17.9 Å². The number of rotatable bonds is 2. The second-order valence-electron chi connectivity index (χ2n) is 7.21. The van der Waals surface area contributed by atoms with Crippen LogP contribution in [0, 0.1) is 0 Å². The van der Waals surface area contributed by atoms with Crippen molar-refractivity contribution < 1.29 is 22.7 Å². The van der Waals surface area contributed by atoms with Gasteiger partial charge in [0.2, 0.25) is 0 Å². The number of anilines is 1. The Morgan fingerprint density at radius 3 is 2.84 bits per heavy atom. The number of nitrogens with two attached hydrogens (primary N) is 1. The van der Waals surface area contributed by atoms with Crippen molar-refractivity contribution in [2.24, 2.45) is 0 Å². The molecule has 0 aliphatic carbocycles. The summed E-state index contributed by atoms with van der Waals surface area (Å²) >= 11 is 0. The van der Waals surface area contributed by atoms with Crippen LogP contribution in [-0.4, -0.2) is 43.8 Å². The maximum Gasteiger partial charge on any atom is 0.416 e. The van der Waals surface area contributed by atoms with Crippen LogP contribution in [0.3, 0.4) is 0 Å². The molecule has 3 aromatic heterocycles. The molecule has 0 saturated heterocycles.